The van der Waals surface area contributed by atoms with E-state index in [2.05, 4.69) is 15.9 Å². The average molecular weight is 413 g/mol. The first kappa shape index (κ1) is 18.5. The van der Waals surface area contributed by atoms with Gasteiger partial charge >= 0.3 is 5.97 Å². The molecule has 7 heteroatoms. The molecule has 0 fully saturated rings. The summed E-state index contributed by atoms with van der Waals surface area (Å²) in [5.74, 6) is 0.117. The van der Waals surface area contributed by atoms with Crippen LogP contribution in [0, 0.1) is 6.92 Å². The van der Waals surface area contributed by atoms with Crippen LogP contribution in [0.1, 0.15) is 21.5 Å². The molecule has 0 atom stereocenters. The van der Waals surface area contributed by atoms with Crippen LogP contribution < -0.4 is 4.74 Å². The van der Waals surface area contributed by atoms with Gasteiger partial charge in [-0.1, -0.05) is 12.1 Å². The van der Waals surface area contributed by atoms with Gasteiger partial charge in [-0.25, -0.2) is 13.2 Å². The molecule has 0 saturated carbocycles. The van der Waals surface area contributed by atoms with Crippen LogP contribution in [0.25, 0.3) is 0 Å². The van der Waals surface area contributed by atoms with Gasteiger partial charge in [0, 0.05) is 6.26 Å². The summed E-state index contributed by atoms with van der Waals surface area (Å²) in [6.07, 6.45) is 1.10. The Morgan fingerprint density at radius 2 is 1.88 bits per heavy atom. The second kappa shape index (κ2) is 7.36. The SMILES string of the molecule is COc1ccc(COC(=O)c2cc(S(C)(=O)=O)ccc2C)cc1Br. The van der Waals surface area contributed by atoms with Gasteiger partial charge in [-0.05, 0) is 58.2 Å². The summed E-state index contributed by atoms with van der Waals surface area (Å²) in [6, 6.07) is 9.77. The number of halogens is 1. The van der Waals surface area contributed by atoms with E-state index in [1.807, 2.05) is 0 Å². The highest BCUT2D eigenvalue weighted by atomic mass is 79.9. The van der Waals surface area contributed by atoms with E-state index < -0.39 is 15.8 Å². The van der Waals surface area contributed by atoms with Crippen LogP contribution in [-0.4, -0.2) is 27.8 Å². The molecule has 0 aromatic heterocycles. The van der Waals surface area contributed by atoms with Gasteiger partial charge in [-0.2, -0.15) is 0 Å². The van der Waals surface area contributed by atoms with E-state index in [0.29, 0.717) is 11.3 Å². The molecular formula is C17H17BrO5S. The summed E-state index contributed by atoms with van der Waals surface area (Å²) in [5, 5.41) is 0. The van der Waals surface area contributed by atoms with Crippen LogP contribution >= 0.6 is 15.9 Å². The van der Waals surface area contributed by atoms with E-state index in [1.165, 1.54) is 12.1 Å². The van der Waals surface area contributed by atoms with Gasteiger partial charge in [0.2, 0.25) is 0 Å². The zero-order valence-corrected chi connectivity index (χ0v) is 15.9. The van der Waals surface area contributed by atoms with Crippen molar-refractivity contribution < 1.29 is 22.7 Å². The quantitative estimate of drug-likeness (QED) is 0.702. The molecule has 0 amide bonds. The van der Waals surface area contributed by atoms with Crippen molar-refractivity contribution in [2.24, 2.45) is 0 Å². The Morgan fingerprint density at radius 1 is 1.17 bits per heavy atom. The highest BCUT2D eigenvalue weighted by molar-refractivity contribution is 9.10. The number of hydrogen-bond donors (Lipinski definition) is 0. The van der Waals surface area contributed by atoms with Crippen molar-refractivity contribution in [2.45, 2.75) is 18.4 Å². The molecule has 0 spiro atoms. The predicted molar refractivity (Wildman–Crippen MR) is 94.1 cm³/mol. The molecular weight excluding hydrogens is 396 g/mol. The Morgan fingerprint density at radius 3 is 2.46 bits per heavy atom. The Labute approximate surface area is 149 Å². The largest absolute Gasteiger partial charge is 0.496 e. The number of benzene rings is 2. The number of carbonyl (C=O) groups excluding carboxylic acids is 1. The second-order valence-corrected chi connectivity index (χ2v) is 8.16. The summed E-state index contributed by atoms with van der Waals surface area (Å²) >= 11 is 3.37. The van der Waals surface area contributed by atoms with Crippen LogP contribution in [-0.2, 0) is 21.2 Å². The third-order valence-electron chi connectivity index (χ3n) is 3.44. The lowest BCUT2D eigenvalue weighted by molar-refractivity contribution is 0.0471. The van der Waals surface area contributed by atoms with E-state index in [9.17, 15) is 13.2 Å². The zero-order chi connectivity index (χ0) is 17.9. The van der Waals surface area contributed by atoms with Gasteiger partial charge in [0.05, 0.1) is 22.0 Å². The molecule has 0 aliphatic rings. The van der Waals surface area contributed by atoms with Crippen LogP contribution in [0.3, 0.4) is 0 Å². The first-order chi connectivity index (χ1) is 11.2. The number of sulfone groups is 1. The third kappa shape index (κ3) is 4.36. The molecule has 0 aliphatic carbocycles. The molecule has 2 aromatic carbocycles. The van der Waals surface area contributed by atoms with Crippen LogP contribution in [0.4, 0.5) is 0 Å². The Balaban J connectivity index is 2.17. The van der Waals surface area contributed by atoms with Crippen molar-refractivity contribution >= 4 is 31.7 Å². The van der Waals surface area contributed by atoms with Crippen molar-refractivity contribution in [3.63, 3.8) is 0 Å². The Kier molecular flexibility index (Phi) is 5.66. The number of ether oxygens (including phenoxy) is 2. The minimum Gasteiger partial charge on any atom is -0.496 e. The fourth-order valence-electron chi connectivity index (χ4n) is 2.08. The molecule has 0 unspecified atom stereocenters. The minimum absolute atomic E-state index is 0.0734. The molecule has 128 valence electrons. The summed E-state index contributed by atoms with van der Waals surface area (Å²) in [6.45, 7) is 1.80. The maximum absolute atomic E-state index is 12.3. The number of esters is 1. The van der Waals surface area contributed by atoms with Crippen LogP contribution in [0.15, 0.2) is 45.8 Å². The summed E-state index contributed by atoms with van der Waals surface area (Å²) in [7, 11) is -1.82. The molecule has 0 bridgehead atoms. The molecule has 0 heterocycles. The zero-order valence-electron chi connectivity index (χ0n) is 13.5. The Hall–Kier alpha value is -1.86. The molecule has 0 saturated heterocycles. The van der Waals surface area contributed by atoms with Gasteiger partial charge in [-0.15, -0.1) is 0 Å². The molecule has 0 radical (unpaired) electrons. The first-order valence-corrected chi connectivity index (χ1v) is 9.71. The van der Waals surface area contributed by atoms with Crippen molar-refractivity contribution in [1.29, 1.82) is 0 Å². The average Bonchev–Trinajstić information content (AvgIpc) is 2.52. The molecule has 0 aliphatic heterocycles. The van der Waals surface area contributed by atoms with E-state index >= 15 is 0 Å². The molecule has 5 nitrogen and oxygen atoms in total. The smallest absolute Gasteiger partial charge is 0.338 e. The first-order valence-electron chi connectivity index (χ1n) is 7.02. The highest BCUT2D eigenvalue weighted by Crippen LogP contribution is 2.26. The van der Waals surface area contributed by atoms with Crippen LogP contribution in [0.5, 0.6) is 5.75 Å². The third-order valence-corrected chi connectivity index (χ3v) is 5.17. The number of carbonyl (C=O) groups is 1. The van der Waals surface area contributed by atoms with Gasteiger partial charge in [0.1, 0.15) is 12.4 Å². The number of methoxy groups -OCH3 is 1. The van der Waals surface area contributed by atoms with Crippen LogP contribution in [0.2, 0.25) is 0 Å². The maximum atomic E-state index is 12.3. The second-order valence-electron chi connectivity index (χ2n) is 5.29. The van der Waals surface area contributed by atoms with Crippen molar-refractivity contribution in [3.05, 3.63) is 57.6 Å². The molecule has 2 aromatic rings. The number of hydrogen-bond acceptors (Lipinski definition) is 5. The number of aryl methyl sites for hydroxylation is 1. The minimum atomic E-state index is -3.38. The van der Waals surface area contributed by atoms with E-state index in [1.54, 1.807) is 38.3 Å². The van der Waals surface area contributed by atoms with E-state index in [4.69, 9.17) is 9.47 Å². The highest BCUT2D eigenvalue weighted by Gasteiger charge is 2.16. The number of rotatable bonds is 5. The standard InChI is InChI=1S/C17H17BrO5S/c1-11-4-6-13(24(3,20)21)9-14(11)17(19)23-10-12-5-7-16(22-2)15(18)8-12/h4-9H,10H2,1-3H3. The topological polar surface area (TPSA) is 69.7 Å². The summed E-state index contributed by atoms with van der Waals surface area (Å²) in [4.78, 5) is 12.4. The summed E-state index contributed by atoms with van der Waals surface area (Å²) < 4.78 is 34.5. The lowest BCUT2D eigenvalue weighted by atomic mass is 10.1. The Bertz CT molecular complexity index is 875. The van der Waals surface area contributed by atoms with Gasteiger partial charge in [0.25, 0.3) is 0 Å². The molecule has 2 rings (SSSR count). The summed E-state index contributed by atoms with van der Waals surface area (Å²) in [5.41, 5.74) is 1.68. The van der Waals surface area contributed by atoms with Gasteiger partial charge in [0.15, 0.2) is 9.84 Å². The van der Waals surface area contributed by atoms with Crippen molar-refractivity contribution in [2.75, 3.05) is 13.4 Å². The predicted octanol–water partition coefficient (Wildman–Crippen LogP) is 3.53. The van der Waals surface area contributed by atoms with E-state index in [-0.39, 0.29) is 17.1 Å². The van der Waals surface area contributed by atoms with Gasteiger partial charge in [-0.3, -0.25) is 0 Å². The van der Waals surface area contributed by atoms with E-state index in [0.717, 1.165) is 16.3 Å². The molecule has 0 N–H and O–H groups in total. The fraction of sp³-hybridized carbons (Fsp3) is 0.235. The monoisotopic (exact) mass is 412 g/mol. The molecule has 24 heavy (non-hydrogen) atoms. The maximum Gasteiger partial charge on any atom is 0.338 e. The fourth-order valence-corrected chi connectivity index (χ4v) is 3.31. The lowest BCUT2D eigenvalue weighted by Gasteiger charge is -2.10. The lowest BCUT2D eigenvalue weighted by Crippen LogP contribution is -2.09. The van der Waals surface area contributed by atoms with Gasteiger partial charge < -0.3 is 9.47 Å². The van der Waals surface area contributed by atoms with Crippen molar-refractivity contribution in [1.82, 2.24) is 0 Å². The van der Waals surface area contributed by atoms with Crippen molar-refractivity contribution in [3.8, 4) is 5.75 Å². The normalized spacial score (nSPS) is 11.2.